The molecule has 0 heterocycles. The number of hydrogen-bond donors (Lipinski definition) is 2. The van der Waals surface area contributed by atoms with Gasteiger partial charge >= 0.3 is 17.4 Å². The van der Waals surface area contributed by atoms with Gasteiger partial charge < -0.3 is 10.6 Å². The van der Waals surface area contributed by atoms with Gasteiger partial charge in [-0.15, -0.1) is 0 Å². The Bertz CT molecular complexity index is 767. The van der Waals surface area contributed by atoms with Gasteiger partial charge in [0.15, 0.2) is 5.11 Å². The Balaban J connectivity index is 1.54. The molecule has 11 heteroatoms. The molecule has 30 heavy (non-hydrogen) atoms. The number of fused-ring (bicyclic) bond motifs is 2. The first-order valence-electron chi connectivity index (χ1n) is 9.49. The maximum Gasteiger partial charge on any atom is 0.460 e. The lowest BCUT2D eigenvalue weighted by atomic mass is 9.84. The van der Waals surface area contributed by atoms with E-state index in [0.717, 1.165) is 18.1 Å². The van der Waals surface area contributed by atoms with Crippen molar-refractivity contribution >= 4 is 34.8 Å². The SMILES string of the molecule is C[C@@H](NC(=S)Nc1ccc(SC(F)(F)C(F)(F)C(F)(F)F)cc1)[C@@H]1C[C@H]2CC[C@H]1C2. The van der Waals surface area contributed by atoms with Gasteiger partial charge in [0.2, 0.25) is 0 Å². The highest BCUT2D eigenvalue weighted by molar-refractivity contribution is 8.00. The van der Waals surface area contributed by atoms with Crippen molar-refractivity contribution in [3.8, 4) is 0 Å². The third kappa shape index (κ3) is 4.81. The number of alkyl halides is 7. The average molecular weight is 475 g/mol. The molecule has 1 aromatic rings. The fraction of sp³-hybridized carbons (Fsp3) is 0.632. The smallest absolute Gasteiger partial charge is 0.360 e. The predicted octanol–water partition coefficient (Wildman–Crippen LogP) is 6.68. The van der Waals surface area contributed by atoms with Crippen LogP contribution in [0.1, 0.15) is 32.6 Å². The molecular formula is C19H21F7N2S2. The van der Waals surface area contributed by atoms with Crippen LogP contribution in [0.15, 0.2) is 29.2 Å². The minimum Gasteiger partial charge on any atom is -0.360 e. The number of hydrogen-bond acceptors (Lipinski definition) is 2. The first kappa shape index (κ1) is 23.4. The monoisotopic (exact) mass is 474 g/mol. The van der Waals surface area contributed by atoms with Gasteiger partial charge in [-0.3, -0.25) is 0 Å². The first-order chi connectivity index (χ1) is 13.8. The first-order valence-corrected chi connectivity index (χ1v) is 10.7. The lowest BCUT2D eigenvalue weighted by Gasteiger charge is -2.29. The number of benzene rings is 1. The second kappa shape index (κ2) is 8.37. The molecule has 0 spiro atoms. The molecule has 168 valence electrons. The van der Waals surface area contributed by atoms with Crippen LogP contribution in [0.2, 0.25) is 0 Å². The zero-order valence-corrected chi connectivity index (χ0v) is 17.5. The van der Waals surface area contributed by atoms with E-state index < -0.39 is 34.0 Å². The number of nitrogens with one attached hydrogen (secondary N) is 2. The lowest BCUT2D eigenvalue weighted by Crippen LogP contribution is -2.49. The van der Waals surface area contributed by atoms with Crippen LogP contribution in [-0.4, -0.2) is 28.5 Å². The number of halogens is 7. The van der Waals surface area contributed by atoms with Crippen LogP contribution in [0.25, 0.3) is 0 Å². The highest BCUT2D eigenvalue weighted by atomic mass is 32.2. The Hall–Kier alpha value is -1.23. The van der Waals surface area contributed by atoms with Gasteiger partial charge in [-0.1, -0.05) is 6.42 Å². The summed E-state index contributed by atoms with van der Waals surface area (Å²) in [5.41, 5.74) is 0.405. The maximum absolute atomic E-state index is 13.5. The van der Waals surface area contributed by atoms with Gasteiger partial charge in [-0.05, 0) is 92.2 Å². The Kier molecular flexibility index (Phi) is 6.54. The molecular weight excluding hydrogens is 453 g/mol. The summed E-state index contributed by atoms with van der Waals surface area (Å²) < 4.78 is 89.7. The molecule has 0 radical (unpaired) electrons. The Morgan fingerprint density at radius 1 is 1.03 bits per heavy atom. The summed E-state index contributed by atoms with van der Waals surface area (Å²) >= 11 is 4.43. The molecule has 0 aliphatic heterocycles. The minimum absolute atomic E-state index is 0.165. The van der Waals surface area contributed by atoms with Gasteiger partial charge in [0.05, 0.1) is 0 Å². The molecule has 2 nitrogen and oxygen atoms in total. The zero-order chi connectivity index (χ0) is 22.3. The van der Waals surface area contributed by atoms with Gasteiger partial charge in [0, 0.05) is 16.6 Å². The van der Waals surface area contributed by atoms with E-state index >= 15 is 0 Å². The molecule has 3 rings (SSSR count). The molecule has 4 atom stereocenters. The largest absolute Gasteiger partial charge is 0.460 e. The Labute approximate surface area is 179 Å². The van der Waals surface area contributed by atoms with Crippen LogP contribution in [0, 0.1) is 17.8 Å². The van der Waals surface area contributed by atoms with E-state index in [1.165, 1.54) is 37.8 Å². The van der Waals surface area contributed by atoms with E-state index in [2.05, 4.69) is 17.6 Å². The van der Waals surface area contributed by atoms with E-state index in [1.54, 1.807) is 0 Å². The van der Waals surface area contributed by atoms with Crippen molar-refractivity contribution in [2.24, 2.45) is 17.8 Å². The molecule has 2 N–H and O–H groups in total. The van der Waals surface area contributed by atoms with Crippen molar-refractivity contribution in [3.05, 3.63) is 24.3 Å². The number of anilines is 1. The van der Waals surface area contributed by atoms with Gasteiger partial charge in [-0.25, -0.2) is 0 Å². The van der Waals surface area contributed by atoms with Crippen molar-refractivity contribution in [2.45, 2.75) is 60.9 Å². The molecule has 2 bridgehead atoms. The summed E-state index contributed by atoms with van der Waals surface area (Å²) in [6.07, 6.45) is -1.40. The highest BCUT2D eigenvalue weighted by Crippen LogP contribution is 2.54. The number of thiocarbonyl (C=S) groups is 1. The van der Waals surface area contributed by atoms with Crippen LogP contribution in [0.4, 0.5) is 36.4 Å². The van der Waals surface area contributed by atoms with Crippen LogP contribution in [-0.2, 0) is 0 Å². The molecule has 2 saturated carbocycles. The van der Waals surface area contributed by atoms with Gasteiger partial charge in [-0.2, -0.15) is 30.7 Å². The molecule has 2 aliphatic rings. The van der Waals surface area contributed by atoms with Crippen LogP contribution in [0.3, 0.4) is 0 Å². The number of thioether (sulfide) groups is 1. The third-order valence-corrected chi connectivity index (χ3v) is 7.11. The van der Waals surface area contributed by atoms with Crippen LogP contribution in [0.5, 0.6) is 0 Å². The summed E-state index contributed by atoms with van der Waals surface area (Å²) in [5, 5.41) is 1.09. The molecule has 2 aliphatic carbocycles. The summed E-state index contributed by atoms with van der Waals surface area (Å²) in [5.74, 6) is -4.12. The quantitative estimate of drug-likeness (QED) is 0.273. The second-order valence-electron chi connectivity index (χ2n) is 7.94. The van der Waals surface area contributed by atoms with E-state index in [0.29, 0.717) is 22.6 Å². The standard InChI is InChI=1S/C19H21F7N2S2/c1-10(15-9-11-2-3-12(15)8-11)27-16(29)28-13-4-6-14(7-5-13)30-19(25,26)17(20,21)18(22,23)24/h4-7,10-12,15H,2-3,8-9H2,1H3,(H2,27,28,29)/t10-,11+,12+,15+/m1/s1. The van der Waals surface area contributed by atoms with E-state index in [4.69, 9.17) is 12.2 Å². The number of rotatable bonds is 6. The summed E-state index contributed by atoms with van der Waals surface area (Å²) in [6.45, 7) is 2.06. The third-order valence-electron chi connectivity index (χ3n) is 5.87. The molecule has 0 aromatic heterocycles. The van der Waals surface area contributed by atoms with Crippen molar-refractivity contribution in [1.29, 1.82) is 0 Å². The average Bonchev–Trinajstić information content (AvgIpc) is 3.25. The summed E-state index contributed by atoms with van der Waals surface area (Å²) in [4.78, 5) is -0.427. The lowest BCUT2D eigenvalue weighted by molar-refractivity contribution is -0.330. The molecule has 0 amide bonds. The Morgan fingerprint density at radius 2 is 1.67 bits per heavy atom. The minimum atomic E-state index is -6.35. The maximum atomic E-state index is 13.5. The molecule has 2 fully saturated rings. The van der Waals surface area contributed by atoms with Crippen molar-refractivity contribution in [3.63, 3.8) is 0 Å². The van der Waals surface area contributed by atoms with Crippen molar-refractivity contribution in [1.82, 2.24) is 5.32 Å². The molecule has 1 aromatic carbocycles. The van der Waals surface area contributed by atoms with E-state index in [-0.39, 0.29) is 6.04 Å². The van der Waals surface area contributed by atoms with Crippen LogP contribution < -0.4 is 10.6 Å². The van der Waals surface area contributed by atoms with Gasteiger partial charge in [0.25, 0.3) is 0 Å². The predicted molar refractivity (Wildman–Crippen MR) is 106 cm³/mol. The fourth-order valence-electron chi connectivity index (χ4n) is 4.37. The highest BCUT2D eigenvalue weighted by Gasteiger charge is 2.73. The zero-order valence-electron chi connectivity index (χ0n) is 15.9. The molecule has 0 unspecified atom stereocenters. The Morgan fingerprint density at radius 3 is 2.17 bits per heavy atom. The normalized spacial score (nSPS) is 25.3. The summed E-state index contributed by atoms with van der Waals surface area (Å²) in [6, 6.07) is 4.82. The second-order valence-corrected chi connectivity index (χ2v) is 9.54. The fourth-order valence-corrected chi connectivity index (χ4v) is 5.49. The van der Waals surface area contributed by atoms with E-state index in [1.807, 2.05) is 0 Å². The molecule has 0 saturated heterocycles. The van der Waals surface area contributed by atoms with Gasteiger partial charge in [0.1, 0.15) is 0 Å². The summed E-state index contributed by atoms with van der Waals surface area (Å²) in [7, 11) is 0. The topological polar surface area (TPSA) is 24.1 Å². The van der Waals surface area contributed by atoms with Crippen LogP contribution >= 0.6 is 24.0 Å². The van der Waals surface area contributed by atoms with Crippen molar-refractivity contribution < 1.29 is 30.7 Å². The van der Waals surface area contributed by atoms with Crippen molar-refractivity contribution in [2.75, 3.05) is 5.32 Å². The van der Waals surface area contributed by atoms with E-state index in [9.17, 15) is 30.7 Å².